The van der Waals surface area contributed by atoms with Crippen molar-refractivity contribution in [3.8, 4) is 0 Å². The van der Waals surface area contributed by atoms with Crippen molar-refractivity contribution < 1.29 is 4.74 Å². The van der Waals surface area contributed by atoms with Gasteiger partial charge in [-0.3, -0.25) is 0 Å². The highest BCUT2D eigenvalue weighted by molar-refractivity contribution is 6.34. The second-order valence-corrected chi connectivity index (χ2v) is 5.43. The van der Waals surface area contributed by atoms with Crippen LogP contribution in [0.2, 0.25) is 10.3 Å². The summed E-state index contributed by atoms with van der Waals surface area (Å²) in [6.45, 7) is 10.5. The molecule has 0 aliphatic rings. The molecule has 0 aliphatic carbocycles. The van der Waals surface area contributed by atoms with Crippen LogP contribution in [-0.4, -0.2) is 16.6 Å². The van der Waals surface area contributed by atoms with E-state index in [-0.39, 0.29) is 5.92 Å². The SMILES string of the molecule is CCOC(C)(CC)c1nc(Cl)c(C(C)C)c(Cl)n1. The average Bonchev–Trinajstić information content (AvgIpc) is 2.27. The maximum absolute atomic E-state index is 6.20. The molecule has 1 aromatic heterocycles. The highest BCUT2D eigenvalue weighted by Gasteiger charge is 2.30. The molecule has 5 heteroatoms. The summed E-state index contributed by atoms with van der Waals surface area (Å²) in [5.41, 5.74) is 0.245. The van der Waals surface area contributed by atoms with Gasteiger partial charge in [0, 0.05) is 12.2 Å². The van der Waals surface area contributed by atoms with E-state index in [9.17, 15) is 0 Å². The molecule has 0 spiro atoms. The molecule has 1 aromatic rings. The number of hydrogen-bond donors (Lipinski definition) is 0. The van der Waals surface area contributed by atoms with Crippen LogP contribution in [0.3, 0.4) is 0 Å². The fourth-order valence-corrected chi connectivity index (χ4v) is 2.60. The molecule has 0 saturated carbocycles. The molecule has 0 fully saturated rings. The average molecular weight is 291 g/mol. The summed E-state index contributed by atoms with van der Waals surface area (Å²) in [5, 5.41) is 0.832. The van der Waals surface area contributed by atoms with Gasteiger partial charge in [-0.25, -0.2) is 9.97 Å². The van der Waals surface area contributed by atoms with Gasteiger partial charge in [-0.2, -0.15) is 0 Å². The Morgan fingerprint density at radius 2 is 1.67 bits per heavy atom. The van der Waals surface area contributed by atoms with E-state index in [2.05, 4.69) is 9.97 Å². The van der Waals surface area contributed by atoms with Gasteiger partial charge in [0.15, 0.2) is 5.82 Å². The standard InChI is InChI=1S/C13H20Cl2N2O/c1-6-13(5,18-7-2)12-16-10(14)9(8(3)4)11(15)17-12/h8H,6-7H2,1-5H3. The summed E-state index contributed by atoms with van der Waals surface area (Å²) in [6, 6.07) is 0. The summed E-state index contributed by atoms with van der Waals surface area (Å²) in [7, 11) is 0. The van der Waals surface area contributed by atoms with Crippen molar-refractivity contribution in [1.29, 1.82) is 0 Å². The van der Waals surface area contributed by atoms with Crippen LogP contribution >= 0.6 is 23.2 Å². The smallest absolute Gasteiger partial charge is 0.163 e. The lowest BCUT2D eigenvalue weighted by Gasteiger charge is -2.27. The minimum atomic E-state index is -0.544. The second kappa shape index (κ2) is 6.18. The molecule has 1 unspecified atom stereocenters. The number of nitrogens with zero attached hydrogens (tertiary/aromatic N) is 2. The molecule has 0 N–H and O–H groups in total. The van der Waals surface area contributed by atoms with E-state index < -0.39 is 5.60 Å². The molecular formula is C13H20Cl2N2O. The van der Waals surface area contributed by atoms with Crippen LogP contribution in [-0.2, 0) is 10.3 Å². The van der Waals surface area contributed by atoms with Gasteiger partial charge in [-0.1, -0.05) is 44.0 Å². The van der Waals surface area contributed by atoms with E-state index in [4.69, 9.17) is 27.9 Å². The van der Waals surface area contributed by atoms with Crippen molar-refractivity contribution in [2.75, 3.05) is 6.61 Å². The van der Waals surface area contributed by atoms with E-state index in [0.29, 0.717) is 22.7 Å². The van der Waals surface area contributed by atoms with Crippen molar-refractivity contribution >= 4 is 23.2 Å². The molecule has 3 nitrogen and oxygen atoms in total. The Morgan fingerprint density at radius 1 is 1.17 bits per heavy atom. The first-order chi connectivity index (χ1) is 8.35. The Labute approximate surface area is 119 Å². The van der Waals surface area contributed by atoms with Crippen molar-refractivity contribution in [2.45, 2.75) is 52.6 Å². The summed E-state index contributed by atoms with van der Waals surface area (Å²) in [4.78, 5) is 8.72. The summed E-state index contributed by atoms with van der Waals surface area (Å²) in [5.74, 6) is 0.741. The zero-order valence-electron chi connectivity index (χ0n) is 11.6. The first kappa shape index (κ1) is 15.7. The van der Waals surface area contributed by atoms with Gasteiger partial charge in [0.05, 0.1) is 0 Å². The van der Waals surface area contributed by atoms with Crippen LogP contribution in [0.25, 0.3) is 0 Å². The van der Waals surface area contributed by atoms with E-state index in [1.54, 1.807) is 0 Å². The zero-order chi connectivity index (χ0) is 13.9. The lowest BCUT2D eigenvalue weighted by atomic mass is 10.0. The quantitative estimate of drug-likeness (QED) is 0.745. The summed E-state index contributed by atoms with van der Waals surface area (Å²) >= 11 is 12.4. The van der Waals surface area contributed by atoms with Crippen molar-refractivity contribution in [1.82, 2.24) is 9.97 Å². The molecule has 1 rings (SSSR count). The highest BCUT2D eigenvalue weighted by Crippen LogP contribution is 2.33. The Morgan fingerprint density at radius 3 is 2.00 bits per heavy atom. The second-order valence-electron chi connectivity index (χ2n) is 4.71. The number of aromatic nitrogens is 2. The van der Waals surface area contributed by atoms with Crippen LogP contribution in [0.15, 0.2) is 0 Å². The van der Waals surface area contributed by atoms with Crippen LogP contribution in [0.1, 0.15) is 58.3 Å². The largest absolute Gasteiger partial charge is 0.368 e. The van der Waals surface area contributed by atoms with Crippen molar-refractivity contribution in [3.05, 3.63) is 21.7 Å². The third-order valence-electron chi connectivity index (χ3n) is 3.04. The number of rotatable bonds is 5. The molecule has 1 atom stereocenters. The highest BCUT2D eigenvalue weighted by atomic mass is 35.5. The Bertz CT molecular complexity index is 400. The molecule has 0 bridgehead atoms. The fourth-order valence-electron chi connectivity index (χ4n) is 1.77. The molecule has 0 aliphatic heterocycles. The van der Waals surface area contributed by atoms with Crippen molar-refractivity contribution in [3.63, 3.8) is 0 Å². The van der Waals surface area contributed by atoms with Gasteiger partial charge in [-0.05, 0) is 26.2 Å². The molecular weight excluding hydrogens is 271 g/mol. The van der Waals surface area contributed by atoms with Crippen molar-refractivity contribution in [2.24, 2.45) is 0 Å². The van der Waals surface area contributed by atoms with Crippen LogP contribution in [0.4, 0.5) is 0 Å². The van der Waals surface area contributed by atoms with E-state index >= 15 is 0 Å². The maximum Gasteiger partial charge on any atom is 0.163 e. The normalized spacial score (nSPS) is 14.9. The van der Waals surface area contributed by atoms with Crippen LogP contribution < -0.4 is 0 Å². The molecule has 0 saturated heterocycles. The summed E-state index contributed by atoms with van der Waals surface area (Å²) in [6.07, 6.45) is 0.758. The fraction of sp³-hybridized carbons (Fsp3) is 0.692. The third-order valence-corrected chi connectivity index (χ3v) is 3.62. The lowest BCUT2D eigenvalue weighted by molar-refractivity contribution is -0.0390. The first-order valence-corrected chi connectivity index (χ1v) is 6.98. The zero-order valence-corrected chi connectivity index (χ0v) is 13.1. The van der Waals surface area contributed by atoms with E-state index in [0.717, 1.165) is 12.0 Å². The van der Waals surface area contributed by atoms with Gasteiger partial charge < -0.3 is 4.74 Å². The minimum Gasteiger partial charge on any atom is -0.368 e. The Balaban J connectivity index is 3.28. The maximum atomic E-state index is 6.20. The predicted octanol–water partition coefficient (Wildman–Crippen LogP) is 4.57. The molecule has 0 aromatic carbocycles. The topological polar surface area (TPSA) is 35.0 Å². The van der Waals surface area contributed by atoms with E-state index in [1.807, 2.05) is 34.6 Å². The Kier molecular flexibility index (Phi) is 5.38. The molecule has 0 amide bonds. The molecule has 1 heterocycles. The van der Waals surface area contributed by atoms with Gasteiger partial charge in [-0.15, -0.1) is 0 Å². The van der Waals surface area contributed by atoms with Gasteiger partial charge in [0.1, 0.15) is 15.9 Å². The monoisotopic (exact) mass is 290 g/mol. The lowest BCUT2D eigenvalue weighted by Crippen LogP contribution is -2.28. The van der Waals surface area contributed by atoms with Crippen LogP contribution in [0, 0.1) is 0 Å². The van der Waals surface area contributed by atoms with Gasteiger partial charge in [0.2, 0.25) is 0 Å². The third kappa shape index (κ3) is 3.14. The molecule has 102 valence electrons. The first-order valence-electron chi connectivity index (χ1n) is 6.23. The summed E-state index contributed by atoms with van der Waals surface area (Å²) < 4.78 is 5.73. The predicted molar refractivity (Wildman–Crippen MR) is 75.4 cm³/mol. The minimum absolute atomic E-state index is 0.194. The Hall–Kier alpha value is -0.380. The number of ether oxygens (including phenoxy) is 1. The number of halogens is 2. The molecule has 0 radical (unpaired) electrons. The van der Waals surface area contributed by atoms with Crippen LogP contribution in [0.5, 0.6) is 0 Å². The van der Waals surface area contributed by atoms with Gasteiger partial charge in [0.25, 0.3) is 0 Å². The van der Waals surface area contributed by atoms with Gasteiger partial charge >= 0.3 is 0 Å². The van der Waals surface area contributed by atoms with E-state index in [1.165, 1.54) is 0 Å². The number of hydrogen-bond acceptors (Lipinski definition) is 3. The molecule has 18 heavy (non-hydrogen) atoms.